The summed E-state index contributed by atoms with van der Waals surface area (Å²) >= 11 is 1.66. The van der Waals surface area contributed by atoms with Crippen LogP contribution < -0.4 is 10.6 Å². The van der Waals surface area contributed by atoms with E-state index in [2.05, 4.69) is 10.6 Å². The van der Waals surface area contributed by atoms with Crippen molar-refractivity contribution >= 4 is 34.7 Å². The van der Waals surface area contributed by atoms with Crippen molar-refractivity contribution in [1.82, 2.24) is 4.98 Å². The molecule has 4 aliphatic rings. The fraction of sp³-hybridized carbons (Fsp3) is 0.370. The Kier molecular flexibility index (Phi) is 5.18. The first-order chi connectivity index (χ1) is 16.8. The van der Waals surface area contributed by atoms with Crippen LogP contribution in [0.25, 0.3) is 10.4 Å². The van der Waals surface area contributed by atoms with Gasteiger partial charge in [-0.1, -0.05) is 24.3 Å². The minimum Gasteiger partial charge on any atom is -0.481 e. The Hall–Kier alpha value is -3.26. The van der Waals surface area contributed by atoms with E-state index in [4.69, 9.17) is 4.98 Å². The van der Waals surface area contributed by atoms with Crippen molar-refractivity contribution in [2.24, 2.45) is 17.3 Å². The number of hydrogen-bond acceptors (Lipinski definition) is 4. The number of carboxylic acid groups (broad SMARTS) is 1. The zero-order valence-corrected chi connectivity index (χ0v) is 19.9. The van der Waals surface area contributed by atoms with Crippen molar-refractivity contribution in [3.63, 3.8) is 0 Å². The molecule has 0 aliphatic heterocycles. The van der Waals surface area contributed by atoms with E-state index in [1.807, 2.05) is 18.3 Å². The number of aliphatic carboxylic acids is 1. The lowest BCUT2D eigenvalue weighted by Gasteiger charge is -2.59. The molecule has 4 saturated carbocycles. The van der Waals surface area contributed by atoms with Gasteiger partial charge < -0.3 is 15.7 Å². The lowest BCUT2D eigenvalue weighted by atomic mass is 9.44. The Balaban J connectivity index is 1.17. The van der Waals surface area contributed by atoms with Crippen LogP contribution in [0.5, 0.6) is 0 Å². The van der Waals surface area contributed by atoms with Crippen molar-refractivity contribution in [3.05, 3.63) is 65.6 Å². The molecule has 0 spiro atoms. The second-order valence-electron chi connectivity index (χ2n) is 10.5. The third-order valence-electron chi connectivity index (χ3n) is 8.02. The van der Waals surface area contributed by atoms with E-state index in [-0.39, 0.29) is 11.1 Å². The average Bonchev–Trinajstić information content (AvgIpc) is 3.32. The molecular formula is C27H26FN3O3S. The Morgan fingerprint density at radius 1 is 1.00 bits per heavy atom. The molecule has 3 aromatic rings. The fourth-order valence-corrected chi connectivity index (χ4v) is 8.11. The van der Waals surface area contributed by atoms with E-state index in [1.54, 1.807) is 35.6 Å². The lowest BCUT2D eigenvalue weighted by molar-refractivity contribution is -0.167. The monoisotopic (exact) mass is 491 g/mol. The first-order valence-corrected chi connectivity index (χ1v) is 12.8. The number of rotatable bonds is 5. The number of halogens is 1. The number of anilines is 2. The number of hydrogen-bond donors (Lipinski definition) is 3. The molecule has 4 aliphatic carbocycles. The third-order valence-corrected chi connectivity index (χ3v) is 9.32. The first-order valence-electron chi connectivity index (χ1n) is 12.0. The highest BCUT2D eigenvalue weighted by atomic mass is 32.1. The molecule has 4 fully saturated rings. The summed E-state index contributed by atoms with van der Waals surface area (Å²) in [6, 6.07) is 13.0. The van der Waals surface area contributed by atoms with Gasteiger partial charge in [0.25, 0.3) is 0 Å². The number of amides is 2. The molecule has 0 radical (unpaired) electrons. The minimum atomic E-state index is -0.630. The highest BCUT2D eigenvalue weighted by Crippen LogP contribution is 2.66. The van der Waals surface area contributed by atoms with Crippen molar-refractivity contribution in [1.29, 1.82) is 0 Å². The number of carbonyl (C=O) groups excluding carboxylic acids is 1. The van der Waals surface area contributed by atoms with Crippen LogP contribution in [0.15, 0.2) is 54.7 Å². The number of aromatic nitrogens is 1. The maximum atomic E-state index is 13.8. The summed E-state index contributed by atoms with van der Waals surface area (Å²) in [5, 5.41) is 16.3. The number of urea groups is 1. The van der Waals surface area contributed by atoms with E-state index in [0.29, 0.717) is 23.9 Å². The maximum absolute atomic E-state index is 13.8. The summed E-state index contributed by atoms with van der Waals surface area (Å²) in [6.07, 6.45) is 7.48. The van der Waals surface area contributed by atoms with Crippen molar-refractivity contribution < 1.29 is 19.1 Å². The predicted molar refractivity (Wildman–Crippen MR) is 133 cm³/mol. The summed E-state index contributed by atoms with van der Waals surface area (Å²) in [7, 11) is 0. The van der Waals surface area contributed by atoms with Gasteiger partial charge >= 0.3 is 12.0 Å². The molecule has 3 N–H and O–H groups in total. The molecule has 2 unspecified atom stereocenters. The van der Waals surface area contributed by atoms with Gasteiger partial charge in [0.05, 0.1) is 21.0 Å². The summed E-state index contributed by atoms with van der Waals surface area (Å²) in [5.41, 5.74) is 1.01. The maximum Gasteiger partial charge on any atom is 0.323 e. The van der Waals surface area contributed by atoms with E-state index in [1.165, 1.54) is 12.1 Å². The quantitative estimate of drug-likeness (QED) is 0.379. The number of nitrogens with one attached hydrogen (secondary N) is 2. The molecule has 6 nitrogen and oxygen atoms in total. The van der Waals surface area contributed by atoms with Crippen LogP contribution in [-0.4, -0.2) is 22.1 Å². The molecule has 2 atom stereocenters. The normalized spacial score (nSPS) is 28.6. The molecule has 2 aromatic carbocycles. The van der Waals surface area contributed by atoms with Crippen molar-refractivity contribution in [2.45, 2.75) is 43.9 Å². The van der Waals surface area contributed by atoms with Gasteiger partial charge in [-0.3, -0.25) is 4.79 Å². The fourth-order valence-electron chi connectivity index (χ4n) is 6.98. The molecule has 1 heterocycles. The van der Waals surface area contributed by atoms with E-state index in [0.717, 1.165) is 47.6 Å². The van der Waals surface area contributed by atoms with Crippen LogP contribution in [-0.2, 0) is 10.2 Å². The van der Waals surface area contributed by atoms with Gasteiger partial charge in [0.15, 0.2) is 0 Å². The number of carbonyl (C=O) groups is 2. The topological polar surface area (TPSA) is 91.3 Å². The standard InChI is InChI=1S/C27H26FN3O3S/c28-20-3-1-2-4-21(20)31-25(34)30-19-7-5-18(6-8-19)22-14-29-23(35-22)26-10-16-9-17(11-26)13-27(12-16,15-26)24(32)33/h1-8,14,16-17H,9-13,15H2,(H,32,33)(H2,30,31,34). The van der Waals surface area contributed by atoms with Gasteiger partial charge in [-0.15, -0.1) is 11.3 Å². The number of thiazole rings is 1. The van der Waals surface area contributed by atoms with Crippen LogP contribution in [0.2, 0.25) is 0 Å². The number of carboxylic acids is 1. The van der Waals surface area contributed by atoms with Gasteiger partial charge in [0.2, 0.25) is 0 Å². The minimum absolute atomic E-state index is 0.113. The summed E-state index contributed by atoms with van der Waals surface area (Å²) in [5.74, 6) is -0.150. The zero-order valence-electron chi connectivity index (χ0n) is 19.1. The molecule has 1 aromatic heterocycles. The molecule has 0 saturated heterocycles. The van der Waals surface area contributed by atoms with Gasteiger partial charge in [0, 0.05) is 17.3 Å². The average molecular weight is 492 g/mol. The summed E-state index contributed by atoms with van der Waals surface area (Å²) < 4.78 is 13.8. The number of nitrogens with zero attached hydrogens (tertiary/aromatic N) is 1. The van der Waals surface area contributed by atoms with Crippen molar-refractivity contribution in [3.8, 4) is 10.4 Å². The number of benzene rings is 2. The van der Waals surface area contributed by atoms with Crippen LogP contribution in [0.1, 0.15) is 43.5 Å². The van der Waals surface area contributed by atoms with Gasteiger partial charge in [-0.2, -0.15) is 0 Å². The zero-order chi connectivity index (χ0) is 24.2. The highest BCUT2D eigenvalue weighted by Gasteiger charge is 2.62. The van der Waals surface area contributed by atoms with Gasteiger partial charge in [0.1, 0.15) is 5.82 Å². The van der Waals surface area contributed by atoms with Gasteiger partial charge in [-0.05, 0) is 80.2 Å². The molecule has 7 rings (SSSR count). The lowest BCUT2D eigenvalue weighted by Crippen LogP contribution is -2.56. The molecule has 4 bridgehead atoms. The van der Waals surface area contributed by atoms with Gasteiger partial charge in [-0.25, -0.2) is 14.2 Å². The van der Waals surface area contributed by atoms with Crippen LogP contribution in [0, 0.1) is 23.1 Å². The predicted octanol–water partition coefficient (Wildman–Crippen LogP) is 6.52. The third kappa shape index (κ3) is 3.89. The van der Waals surface area contributed by atoms with Crippen LogP contribution in [0.4, 0.5) is 20.6 Å². The molecule has 8 heteroatoms. The Bertz CT molecular complexity index is 1290. The Morgan fingerprint density at radius 2 is 1.71 bits per heavy atom. The Morgan fingerprint density at radius 3 is 2.40 bits per heavy atom. The second kappa shape index (κ2) is 8.16. The largest absolute Gasteiger partial charge is 0.481 e. The second-order valence-corrected chi connectivity index (χ2v) is 11.5. The van der Waals surface area contributed by atoms with Crippen LogP contribution >= 0.6 is 11.3 Å². The van der Waals surface area contributed by atoms with Crippen LogP contribution in [0.3, 0.4) is 0 Å². The highest BCUT2D eigenvalue weighted by molar-refractivity contribution is 7.15. The molecule has 2 amide bonds. The van der Waals surface area contributed by atoms with E-state index >= 15 is 0 Å². The van der Waals surface area contributed by atoms with Crippen molar-refractivity contribution in [2.75, 3.05) is 10.6 Å². The smallest absolute Gasteiger partial charge is 0.323 e. The first kappa shape index (κ1) is 22.2. The van der Waals surface area contributed by atoms with E-state index in [9.17, 15) is 19.1 Å². The molecule has 180 valence electrons. The molecule has 35 heavy (non-hydrogen) atoms. The SMILES string of the molecule is O=C(Nc1ccc(-c2cnc(C34CC5CC(CC(C(=O)O)(C5)C3)C4)s2)cc1)Nc1ccccc1F. The Labute approximate surface area is 206 Å². The van der Waals surface area contributed by atoms with E-state index < -0.39 is 23.2 Å². The summed E-state index contributed by atoms with van der Waals surface area (Å²) in [4.78, 5) is 30.3. The summed E-state index contributed by atoms with van der Waals surface area (Å²) in [6.45, 7) is 0. The molecular weight excluding hydrogens is 465 g/mol. The number of para-hydroxylation sites is 1.